The standard InChI is InChI=1S/C22H32O6/c1-15(13-26-14-17-9-7-6-8-10-17)12-22(5,25)19(23)11-18-16(2)20(24)28-21(3,4)27-18/h6-10,15,19,23,25H,11-14H2,1-5H3/t15-,19-,22?/m1/s1. The molecule has 0 aromatic heterocycles. The van der Waals surface area contributed by atoms with E-state index in [1.807, 2.05) is 37.3 Å². The third-order valence-corrected chi connectivity index (χ3v) is 4.80. The summed E-state index contributed by atoms with van der Waals surface area (Å²) in [6.45, 7) is 9.39. The highest BCUT2D eigenvalue weighted by atomic mass is 16.7. The van der Waals surface area contributed by atoms with E-state index in [0.717, 1.165) is 5.56 Å². The zero-order chi connectivity index (χ0) is 20.9. The molecule has 1 aromatic rings. The van der Waals surface area contributed by atoms with Crippen LogP contribution in [-0.2, 0) is 25.6 Å². The van der Waals surface area contributed by atoms with Crippen LogP contribution < -0.4 is 0 Å². The maximum atomic E-state index is 11.9. The number of benzene rings is 1. The van der Waals surface area contributed by atoms with Gasteiger partial charge in [-0.1, -0.05) is 37.3 Å². The Morgan fingerprint density at radius 2 is 1.86 bits per heavy atom. The molecule has 2 N–H and O–H groups in total. The third kappa shape index (κ3) is 6.33. The van der Waals surface area contributed by atoms with Crippen LogP contribution in [0.4, 0.5) is 0 Å². The van der Waals surface area contributed by atoms with E-state index in [0.29, 0.717) is 31.0 Å². The molecule has 28 heavy (non-hydrogen) atoms. The van der Waals surface area contributed by atoms with Crippen LogP contribution in [0, 0.1) is 5.92 Å². The van der Waals surface area contributed by atoms with Gasteiger partial charge in [-0.2, -0.15) is 0 Å². The summed E-state index contributed by atoms with van der Waals surface area (Å²) in [5, 5.41) is 21.4. The Hall–Kier alpha value is -1.89. The van der Waals surface area contributed by atoms with Gasteiger partial charge in [0.05, 0.1) is 23.9 Å². The van der Waals surface area contributed by atoms with Gasteiger partial charge in [0.1, 0.15) is 5.76 Å². The second-order valence-electron chi connectivity index (χ2n) is 8.33. The van der Waals surface area contributed by atoms with Crippen LogP contribution in [-0.4, -0.2) is 40.3 Å². The van der Waals surface area contributed by atoms with E-state index in [9.17, 15) is 15.0 Å². The second kappa shape index (κ2) is 9.07. The van der Waals surface area contributed by atoms with Gasteiger partial charge < -0.3 is 24.4 Å². The molecule has 0 saturated carbocycles. The zero-order valence-electron chi connectivity index (χ0n) is 17.4. The molecule has 0 radical (unpaired) electrons. The predicted octanol–water partition coefficient (Wildman–Crippen LogP) is 3.31. The van der Waals surface area contributed by atoms with Gasteiger partial charge in [-0.05, 0) is 31.7 Å². The molecule has 6 nitrogen and oxygen atoms in total. The van der Waals surface area contributed by atoms with Gasteiger partial charge >= 0.3 is 5.97 Å². The molecule has 3 atom stereocenters. The highest BCUT2D eigenvalue weighted by Crippen LogP contribution is 2.32. The zero-order valence-corrected chi connectivity index (χ0v) is 17.4. The number of hydrogen-bond acceptors (Lipinski definition) is 6. The Bertz CT molecular complexity index is 692. The highest BCUT2D eigenvalue weighted by Gasteiger charge is 2.38. The fourth-order valence-corrected chi connectivity index (χ4v) is 3.25. The van der Waals surface area contributed by atoms with Crippen molar-refractivity contribution in [3.8, 4) is 0 Å². The van der Waals surface area contributed by atoms with E-state index < -0.39 is 23.5 Å². The number of carbonyl (C=O) groups is 1. The number of carbonyl (C=O) groups excluding carboxylic acids is 1. The Labute approximate surface area is 167 Å². The van der Waals surface area contributed by atoms with Gasteiger partial charge in [0.25, 0.3) is 0 Å². The third-order valence-electron chi connectivity index (χ3n) is 4.80. The SMILES string of the molecule is CC1=C(C[C@@H](O)C(C)(O)C[C@@H](C)COCc2ccccc2)OC(C)(C)OC1=O. The monoisotopic (exact) mass is 392 g/mol. The highest BCUT2D eigenvalue weighted by molar-refractivity contribution is 5.89. The normalized spacial score (nSPS) is 20.8. The first-order valence-corrected chi connectivity index (χ1v) is 9.64. The minimum atomic E-state index is -1.35. The van der Waals surface area contributed by atoms with Gasteiger partial charge in [0.2, 0.25) is 5.79 Å². The van der Waals surface area contributed by atoms with Gasteiger partial charge in [0, 0.05) is 26.9 Å². The topological polar surface area (TPSA) is 85.2 Å². The summed E-state index contributed by atoms with van der Waals surface area (Å²) in [6.07, 6.45) is -0.700. The molecular weight excluding hydrogens is 360 g/mol. The first-order valence-electron chi connectivity index (χ1n) is 9.64. The van der Waals surface area contributed by atoms with Crippen LogP contribution in [0.3, 0.4) is 0 Å². The molecule has 2 rings (SSSR count). The van der Waals surface area contributed by atoms with Crippen molar-refractivity contribution >= 4 is 5.97 Å². The van der Waals surface area contributed by atoms with E-state index in [1.54, 1.807) is 27.7 Å². The Morgan fingerprint density at radius 3 is 2.50 bits per heavy atom. The van der Waals surface area contributed by atoms with Crippen LogP contribution in [0.2, 0.25) is 0 Å². The molecule has 1 heterocycles. The minimum absolute atomic E-state index is 0.0367. The molecular formula is C22H32O6. The number of cyclic esters (lactones) is 1. The van der Waals surface area contributed by atoms with Crippen molar-refractivity contribution in [1.29, 1.82) is 0 Å². The van der Waals surface area contributed by atoms with Crippen molar-refractivity contribution in [2.45, 2.75) is 71.6 Å². The lowest BCUT2D eigenvalue weighted by atomic mass is 9.86. The van der Waals surface area contributed by atoms with Gasteiger partial charge in [-0.25, -0.2) is 4.79 Å². The summed E-state index contributed by atoms with van der Waals surface area (Å²) < 4.78 is 16.6. The van der Waals surface area contributed by atoms with Crippen molar-refractivity contribution in [3.05, 3.63) is 47.2 Å². The molecule has 0 bridgehead atoms. The van der Waals surface area contributed by atoms with E-state index in [2.05, 4.69) is 0 Å². The van der Waals surface area contributed by atoms with Crippen molar-refractivity contribution in [2.75, 3.05) is 6.61 Å². The van der Waals surface area contributed by atoms with E-state index in [1.165, 1.54) is 0 Å². The van der Waals surface area contributed by atoms with Crippen LogP contribution in [0.5, 0.6) is 0 Å². The number of rotatable bonds is 9. The number of esters is 1. The van der Waals surface area contributed by atoms with Crippen LogP contribution in [0.15, 0.2) is 41.7 Å². The minimum Gasteiger partial charge on any atom is -0.457 e. The van der Waals surface area contributed by atoms with E-state index >= 15 is 0 Å². The van der Waals surface area contributed by atoms with Crippen molar-refractivity contribution in [1.82, 2.24) is 0 Å². The largest absolute Gasteiger partial charge is 0.457 e. The smallest absolute Gasteiger partial charge is 0.340 e. The summed E-state index contributed by atoms with van der Waals surface area (Å²) in [4.78, 5) is 11.9. The predicted molar refractivity (Wildman–Crippen MR) is 105 cm³/mol. The van der Waals surface area contributed by atoms with Crippen LogP contribution >= 0.6 is 0 Å². The number of aliphatic hydroxyl groups excluding tert-OH is 1. The van der Waals surface area contributed by atoms with Crippen molar-refractivity contribution < 1.29 is 29.2 Å². The second-order valence-corrected chi connectivity index (χ2v) is 8.33. The first-order chi connectivity index (χ1) is 13.0. The number of ether oxygens (including phenoxy) is 3. The maximum absolute atomic E-state index is 11.9. The molecule has 1 aliphatic heterocycles. The van der Waals surface area contributed by atoms with Crippen LogP contribution in [0.25, 0.3) is 0 Å². The van der Waals surface area contributed by atoms with Gasteiger partial charge in [0.15, 0.2) is 0 Å². The maximum Gasteiger partial charge on any atom is 0.340 e. The van der Waals surface area contributed by atoms with E-state index in [-0.39, 0.29) is 12.3 Å². The Kier molecular flexibility index (Phi) is 7.26. The van der Waals surface area contributed by atoms with E-state index in [4.69, 9.17) is 14.2 Å². The fourth-order valence-electron chi connectivity index (χ4n) is 3.25. The lowest BCUT2D eigenvalue weighted by molar-refractivity contribution is -0.210. The van der Waals surface area contributed by atoms with Gasteiger partial charge in [-0.15, -0.1) is 0 Å². The van der Waals surface area contributed by atoms with Gasteiger partial charge in [-0.3, -0.25) is 0 Å². The molecule has 0 spiro atoms. The fraction of sp³-hybridized carbons (Fsp3) is 0.591. The Balaban J connectivity index is 1.88. The molecule has 0 saturated heterocycles. The molecule has 0 amide bonds. The molecule has 1 aliphatic rings. The average Bonchev–Trinajstić information content (AvgIpc) is 2.59. The van der Waals surface area contributed by atoms with Crippen molar-refractivity contribution in [2.24, 2.45) is 5.92 Å². The summed E-state index contributed by atoms with van der Waals surface area (Å²) in [6, 6.07) is 9.88. The molecule has 6 heteroatoms. The number of aliphatic hydroxyl groups is 2. The quantitative estimate of drug-likeness (QED) is 0.627. The lowest BCUT2D eigenvalue weighted by Gasteiger charge is -2.36. The Morgan fingerprint density at radius 1 is 1.21 bits per heavy atom. The summed E-state index contributed by atoms with van der Waals surface area (Å²) >= 11 is 0. The molecule has 156 valence electrons. The summed E-state index contributed by atoms with van der Waals surface area (Å²) in [5.41, 5.74) is 0.0544. The average molecular weight is 392 g/mol. The molecule has 0 aliphatic carbocycles. The molecule has 1 unspecified atom stereocenters. The lowest BCUT2D eigenvalue weighted by Crippen LogP contribution is -2.43. The summed E-state index contributed by atoms with van der Waals surface area (Å²) in [7, 11) is 0. The van der Waals surface area contributed by atoms with Crippen LogP contribution in [0.1, 0.15) is 53.0 Å². The van der Waals surface area contributed by atoms with Crippen molar-refractivity contribution in [3.63, 3.8) is 0 Å². The number of hydrogen-bond donors (Lipinski definition) is 2. The first kappa shape index (κ1) is 22.4. The molecule has 0 fully saturated rings. The summed E-state index contributed by atoms with van der Waals surface area (Å²) in [5.74, 6) is -1.17. The molecule has 1 aromatic carbocycles.